The third-order valence-electron chi connectivity index (χ3n) is 2.91. The molecule has 0 saturated heterocycles. The first-order valence-corrected chi connectivity index (χ1v) is 6.13. The van der Waals surface area contributed by atoms with Crippen molar-refractivity contribution in [2.24, 2.45) is 0 Å². The molecule has 0 fully saturated rings. The Labute approximate surface area is 116 Å². The smallest absolute Gasteiger partial charge is 0.271 e. The number of phenolic OH excluding ortho intramolecular Hbond substituents is 2. The van der Waals surface area contributed by atoms with E-state index < -0.39 is 0 Å². The zero-order valence-electron chi connectivity index (χ0n) is 11.0. The van der Waals surface area contributed by atoms with Crippen molar-refractivity contribution in [1.29, 1.82) is 0 Å². The average molecular weight is 273 g/mol. The summed E-state index contributed by atoms with van der Waals surface area (Å²) in [5, 5.41) is 21.5. The summed E-state index contributed by atoms with van der Waals surface area (Å²) in [6, 6.07) is 2.99. The van der Waals surface area contributed by atoms with Crippen LogP contribution in [0, 0.1) is 6.92 Å². The van der Waals surface area contributed by atoms with Gasteiger partial charge in [-0.15, -0.1) is 0 Å². The first-order chi connectivity index (χ1) is 9.58. The summed E-state index contributed by atoms with van der Waals surface area (Å²) in [6.07, 6.45) is 4.90. The molecule has 1 amide bonds. The number of hydrogen-bond donors (Lipinski definition) is 3. The van der Waals surface area contributed by atoms with Crippen molar-refractivity contribution in [3.05, 3.63) is 47.5 Å². The maximum atomic E-state index is 11.7. The van der Waals surface area contributed by atoms with E-state index in [1.807, 2.05) is 6.92 Å². The van der Waals surface area contributed by atoms with Gasteiger partial charge in [-0.1, -0.05) is 0 Å². The SMILES string of the molecule is Cc1cc(O)c(O)cc1CCNC(=O)c1cnccn1. The number of benzene rings is 1. The van der Waals surface area contributed by atoms with E-state index in [0.717, 1.165) is 11.1 Å². The molecule has 1 heterocycles. The number of aromatic hydroxyl groups is 2. The van der Waals surface area contributed by atoms with Gasteiger partial charge in [-0.05, 0) is 36.6 Å². The van der Waals surface area contributed by atoms with Gasteiger partial charge in [0.1, 0.15) is 5.69 Å². The van der Waals surface area contributed by atoms with Crippen LogP contribution in [0.4, 0.5) is 0 Å². The van der Waals surface area contributed by atoms with Gasteiger partial charge < -0.3 is 15.5 Å². The Bertz CT molecular complexity index is 615. The summed E-state index contributed by atoms with van der Waals surface area (Å²) in [5.74, 6) is -0.598. The molecule has 0 saturated carbocycles. The van der Waals surface area contributed by atoms with Crippen LogP contribution in [-0.2, 0) is 6.42 Å². The number of carbonyl (C=O) groups is 1. The maximum absolute atomic E-state index is 11.7. The Morgan fingerprint density at radius 1 is 1.25 bits per heavy atom. The van der Waals surface area contributed by atoms with E-state index in [1.165, 1.54) is 30.7 Å². The average Bonchev–Trinajstić information content (AvgIpc) is 2.45. The molecule has 104 valence electrons. The van der Waals surface area contributed by atoms with Crippen LogP contribution < -0.4 is 5.32 Å². The number of aryl methyl sites for hydroxylation is 1. The molecule has 0 unspecified atom stereocenters. The molecule has 0 aliphatic heterocycles. The summed E-state index contributed by atoms with van der Waals surface area (Å²) in [6.45, 7) is 2.24. The number of nitrogens with zero attached hydrogens (tertiary/aromatic N) is 2. The largest absolute Gasteiger partial charge is 0.504 e. The van der Waals surface area contributed by atoms with Crippen LogP contribution in [-0.4, -0.2) is 32.6 Å². The van der Waals surface area contributed by atoms with Crippen molar-refractivity contribution in [2.45, 2.75) is 13.3 Å². The van der Waals surface area contributed by atoms with E-state index in [2.05, 4.69) is 15.3 Å². The van der Waals surface area contributed by atoms with E-state index in [9.17, 15) is 15.0 Å². The third kappa shape index (κ3) is 3.23. The van der Waals surface area contributed by atoms with Crippen LogP contribution in [0.25, 0.3) is 0 Å². The van der Waals surface area contributed by atoms with Crippen LogP contribution in [0.5, 0.6) is 11.5 Å². The Morgan fingerprint density at radius 2 is 2.00 bits per heavy atom. The lowest BCUT2D eigenvalue weighted by atomic mass is 10.0. The Morgan fingerprint density at radius 3 is 2.70 bits per heavy atom. The zero-order chi connectivity index (χ0) is 14.5. The van der Waals surface area contributed by atoms with Crippen molar-refractivity contribution < 1.29 is 15.0 Å². The lowest BCUT2D eigenvalue weighted by Crippen LogP contribution is -2.26. The summed E-state index contributed by atoms with van der Waals surface area (Å²) in [5.41, 5.74) is 1.98. The molecule has 1 aromatic heterocycles. The molecule has 0 aliphatic carbocycles. The minimum atomic E-state index is -0.293. The molecule has 0 atom stereocenters. The molecule has 0 spiro atoms. The fourth-order valence-corrected chi connectivity index (χ4v) is 1.81. The van der Waals surface area contributed by atoms with Crippen LogP contribution >= 0.6 is 0 Å². The number of aromatic nitrogens is 2. The van der Waals surface area contributed by atoms with Crippen LogP contribution in [0.15, 0.2) is 30.7 Å². The molecule has 0 bridgehead atoms. The summed E-state index contributed by atoms with van der Waals surface area (Å²) in [7, 11) is 0. The Kier molecular flexibility index (Phi) is 4.14. The van der Waals surface area contributed by atoms with Gasteiger partial charge in [0, 0.05) is 18.9 Å². The molecule has 6 heteroatoms. The highest BCUT2D eigenvalue weighted by Crippen LogP contribution is 2.27. The van der Waals surface area contributed by atoms with E-state index in [0.29, 0.717) is 13.0 Å². The number of carbonyl (C=O) groups excluding carboxylic acids is 1. The molecule has 2 aromatic rings. The van der Waals surface area contributed by atoms with Crippen molar-refractivity contribution in [1.82, 2.24) is 15.3 Å². The van der Waals surface area contributed by atoms with Crippen molar-refractivity contribution in [3.63, 3.8) is 0 Å². The van der Waals surface area contributed by atoms with Gasteiger partial charge in [0.05, 0.1) is 6.20 Å². The molecular formula is C14H15N3O3. The van der Waals surface area contributed by atoms with E-state index in [4.69, 9.17) is 0 Å². The van der Waals surface area contributed by atoms with Gasteiger partial charge in [-0.2, -0.15) is 0 Å². The van der Waals surface area contributed by atoms with Gasteiger partial charge in [-0.25, -0.2) is 4.98 Å². The summed E-state index contributed by atoms with van der Waals surface area (Å²) in [4.78, 5) is 19.5. The second kappa shape index (κ2) is 6.01. The van der Waals surface area contributed by atoms with Gasteiger partial charge in [-0.3, -0.25) is 9.78 Å². The van der Waals surface area contributed by atoms with Crippen molar-refractivity contribution in [2.75, 3.05) is 6.54 Å². The van der Waals surface area contributed by atoms with Crippen molar-refractivity contribution >= 4 is 5.91 Å². The first kappa shape index (κ1) is 13.8. The first-order valence-electron chi connectivity index (χ1n) is 6.13. The minimum Gasteiger partial charge on any atom is -0.504 e. The molecule has 1 aromatic carbocycles. The summed E-state index contributed by atoms with van der Waals surface area (Å²) >= 11 is 0. The van der Waals surface area contributed by atoms with Crippen LogP contribution in [0.1, 0.15) is 21.6 Å². The Hall–Kier alpha value is -2.63. The molecular weight excluding hydrogens is 258 g/mol. The molecule has 6 nitrogen and oxygen atoms in total. The quantitative estimate of drug-likeness (QED) is 0.727. The second-order valence-corrected chi connectivity index (χ2v) is 4.36. The van der Waals surface area contributed by atoms with E-state index >= 15 is 0 Å². The maximum Gasteiger partial charge on any atom is 0.271 e. The molecule has 0 aliphatic rings. The van der Waals surface area contributed by atoms with Crippen LogP contribution in [0.3, 0.4) is 0 Å². The monoisotopic (exact) mass is 273 g/mol. The normalized spacial score (nSPS) is 10.2. The number of phenols is 2. The fraction of sp³-hybridized carbons (Fsp3) is 0.214. The molecule has 3 N–H and O–H groups in total. The van der Waals surface area contributed by atoms with Crippen LogP contribution in [0.2, 0.25) is 0 Å². The van der Waals surface area contributed by atoms with Gasteiger partial charge in [0.25, 0.3) is 5.91 Å². The highest BCUT2D eigenvalue weighted by atomic mass is 16.3. The number of amides is 1. The predicted octanol–water partition coefficient (Wildman–Crippen LogP) is 1.17. The molecule has 20 heavy (non-hydrogen) atoms. The van der Waals surface area contributed by atoms with Crippen molar-refractivity contribution in [3.8, 4) is 11.5 Å². The number of nitrogens with one attached hydrogen (secondary N) is 1. The Balaban J connectivity index is 1.94. The standard InChI is InChI=1S/C14H15N3O3/c1-9-6-12(18)13(19)7-10(9)2-3-17-14(20)11-8-15-4-5-16-11/h4-8,18-19H,2-3H2,1H3,(H,17,20). The van der Waals surface area contributed by atoms with Gasteiger partial charge in [0.2, 0.25) is 0 Å². The van der Waals surface area contributed by atoms with Gasteiger partial charge in [0.15, 0.2) is 11.5 Å². The molecule has 0 radical (unpaired) electrons. The minimum absolute atomic E-state index is 0.144. The lowest BCUT2D eigenvalue weighted by molar-refractivity contribution is 0.0948. The van der Waals surface area contributed by atoms with E-state index in [1.54, 1.807) is 0 Å². The number of hydrogen-bond acceptors (Lipinski definition) is 5. The third-order valence-corrected chi connectivity index (χ3v) is 2.91. The lowest BCUT2D eigenvalue weighted by Gasteiger charge is -2.09. The topological polar surface area (TPSA) is 95.3 Å². The number of rotatable bonds is 4. The fourth-order valence-electron chi connectivity index (χ4n) is 1.81. The zero-order valence-corrected chi connectivity index (χ0v) is 11.0. The summed E-state index contributed by atoms with van der Waals surface area (Å²) < 4.78 is 0. The van der Waals surface area contributed by atoms with Gasteiger partial charge >= 0.3 is 0 Å². The molecule has 2 rings (SSSR count). The highest BCUT2D eigenvalue weighted by molar-refractivity contribution is 5.91. The highest BCUT2D eigenvalue weighted by Gasteiger charge is 2.08. The second-order valence-electron chi connectivity index (χ2n) is 4.36. The predicted molar refractivity (Wildman–Crippen MR) is 72.6 cm³/mol. The van der Waals surface area contributed by atoms with E-state index in [-0.39, 0.29) is 23.1 Å².